The molecule has 3 aromatic rings. The number of aliphatic carboxylic acids is 1. The van der Waals surface area contributed by atoms with E-state index in [2.05, 4.69) is 58.0 Å². The third-order valence-corrected chi connectivity index (χ3v) is 8.35. The van der Waals surface area contributed by atoms with Crippen molar-refractivity contribution < 1.29 is 27.8 Å². The van der Waals surface area contributed by atoms with Crippen molar-refractivity contribution >= 4 is 35.0 Å². The number of hydrogen-bond donors (Lipinski definition) is 1. The lowest BCUT2D eigenvalue weighted by atomic mass is 9.96. The topological polar surface area (TPSA) is 96.4 Å². The molecule has 1 atom stereocenters. The molecule has 10 heteroatoms. The van der Waals surface area contributed by atoms with Crippen molar-refractivity contribution in [2.45, 2.75) is 38.8 Å². The molecule has 3 aromatic carbocycles. The van der Waals surface area contributed by atoms with E-state index in [9.17, 15) is 13.2 Å². The number of carboxylic acid groups (broad SMARTS) is 1. The van der Waals surface area contributed by atoms with Crippen LogP contribution in [0.4, 0.5) is 5.69 Å². The Morgan fingerprint density at radius 2 is 1.48 bits per heavy atom. The van der Waals surface area contributed by atoms with Gasteiger partial charge in [-0.05, 0) is 66.4 Å². The molecule has 8 nitrogen and oxygen atoms in total. The number of carbonyl (C=O) groups is 1. The van der Waals surface area contributed by atoms with E-state index >= 15 is 0 Å². The predicted molar refractivity (Wildman–Crippen MR) is 180 cm³/mol. The predicted octanol–water partition coefficient (Wildman–Crippen LogP) is 5.10. The van der Waals surface area contributed by atoms with Gasteiger partial charge in [0, 0.05) is 44.7 Å². The number of carboxylic acids is 1. The van der Waals surface area contributed by atoms with Crippen LogP contribution in [-0.2, 0) is 27.8 Å². The minimum Gasteiger partial charge on any atom is -0.494 e. The smallest absolute Gasteiger partial charge is 0.304 e. The molecule has 1 aliphatic rings. The van der Waals surface area contributed by atoms with Crippen LogP contribution in [0.2, 0.25) is 0 Å². The summed E-state index contributed by atoms with van der Waals surface area (Å²) in [6.07, 6.45) is 1.71. The van der Waals surface area contributed by atoms with Gasteiger partial charge in [-0.15, -0.1) is 5.92 Å². The fraction of sp³-hybridized carbons (Fsp3) is 0.382. The summed E-state index contributed by atoms with van der Waals surface area (Å²) < 4.78 is 34.1. The summed E-state index contributed by atoms with van der Waals surface area (Å²) in [6.45, 7) is 7.30. The van der Waals surface area contributed by atoms with Crippen LogP contribution >= 0.6 is 13.5 Å². The van der Waals surface area contributed by atoms with Gasteiger partial charge in [-0.1, -0.05) is 42.3 Å². The quantitative estimate of drug-likeness (QED) is 0.193. The first kappa shape index (κ1) is 34.8. The Balaban J connectivity index is 0.00000529. The maximum Gasteiger partial charge on any atom is 0.304 e. The van der Waals surface area contributed by atoms with Gasteiger partial charge in [0.2, 0.25) is 0 Å². The fourth-order valence-electron chi connectivity index (χ4n) is 4.99. The molecule has 0 saturated carbocycles. The molecule has 1 saturated heterocycles. The van der Waals surface area contributed by atoms with Gasteiger partial charge in [-0.25, -0.2) is 8.42 Å². The fourth-order valence-corrected chi connectivity index (χ4v) is 5.63. The van der Waals surface area contributed by atoms with Crippen molar-refractivity contribution in [3.05, 3.63) is 89.5 Å². The Hall–Kier alpha value is -3.65. The zero-order valence-corrected chi connectivity index (χ0v) is 27.2. The summed E-state index contributed by atoms with van der Waals surface area (Å²) >= 11 is 0. The van der Waals surface area contributed by atoms with Gasteiger partial charge in [0.25, 0.3) is 0 Å². The first-order valence-corrected chi connectivity index (χ1v) is 16.6. The number of ether oxygens (including phenoxy) is 2. The molecule has 44 heavy (non-hydrogen) atoms. The maximum absolute atomic E-state index is 11.2. The van der Waals surface area contributed by atoms with Crippen LogP contribution in [0.15, 0.2) is 72.8 Å². The largest absolute Gasteiger partial charge is 0.494 e. The molecular weight excluding hydrogens is 597 g/mol. The van der Waals surface area contributed by atoms with Gasteiger partial charge in [-0.2, -0.15) is 13.5 Å². The minimum atomic E-state index is -2.96. The number of anilines is 1. The van der Waals surface area contributed by atoms with E-state index < -0.39 is 15.8 Å². The number of benzene rings is 3. The van der Waals surface area contributed by atoms with Crippen LogP contribution in [0.5, 0.6) is 11.5 Å². The van der Waals surface area contributed by atoms with E-state index in [1.54, 1.807) is 6.92 Å². The highest BCUT2D eigenvalue weighted by Gasteiger charge is 2.18. The van der Waals surface area contributed by atoms with Gasteiger partial charge < -0.3 is 19.5 Å². The molecule has 0 unspecified atom stereocenters. The monoisotopic (exact) mass is 638 g/mol. The molecule has 1 fully saturated rings. The van der Waals surface area contributed by atoms with Crippen LogP contribution in [0.3, 0.4) is 0 Å². The standard InChI is InChI=1S/C34H40N2O6S.H2S/c1-3-5-30(24-34(37)38)29-10-14-33(15-11-29)42-26-28-8-6-27(7-9-28)25-35-18-20-36(21-19-35)31-12-16-32(17-13-31)41-22-4-23-43(2,39)40;/h6-17,30H,4,18-26H2,1-2H3,(H,37,38);1H2/t30-;/m0./s1. The zero-order valence-electron chi connectivity index (χ0n) is 25.4. The van der Waals surface area contributed by atoms with E-state index in [1.807, 2.05) is 36.4 Å². The Morgan fingerprint density at radius 1 is 0.886 bits per heavy atom. The van der Waals surface area contributed by atoms with Crippen molar-refractivity contribution in [3.8, 4) is 23.3 Å². The molecule has 4 rings (SSSR count). The highest BCUT2D eigenvalue weighted by atomic mass is 32.2. The van der Waals surface area contributed by atoms with Crippen LogP contribution in [-0.4, -0.2) is 69.2 Å². The maximum atomic E-state index is 11.2. The number of hydrogen-bond acceptors (Lipinski definition) is 7. The third-order valence-electron chi connectivity index (χ3n) is 7.32. The highest BCUT2D eigenvalue weighted by molar-refractivity contribution is 7.90. The van der Waals surface area contributed by atoms with Crippen LogP contribution < -0.4 is 14.4 Å². The molecule has 0 spiro atoms. The Kier molecular flexibility index (Phi) is 13.5. The summed E-state index contributed by atoms with van der Waals surface area (Å²) in [7, 11) is -2.96. The average Bonchev–Trinajstić information content (AvgIpc) is 2.99. The van der Waals surface area contributed by atoms with Crippen molar-refractivity contribution in [1.29, 1.82) is 0 Å². The van der Waals surface area contributed by atoms with Gasteiger partial charge >= 0.3 is 5.97 Å². The Bertz CT molecular complexity index is 1490. The molecule has 0 amide bonds. The van der Waals surface area contributed by atoms with Crippen molar-refractivity contribution in [2.24, 2.45) is 0 Å². The van der Waals surface area contributed by atoms with Gasteiger partial charge in [0.05, 0.1) is 24.7 Å². The number of piperazine rings is 1. The average molecular weight is 639 g/mol. The lowest BCUT2D eigenvalue weighted by Crippen LogP contribution is -2.45. The Labute approximate surface area is 268 Å². The molecule has 0 radical (unpaired) electrons. The Morgan fingerprint density at radius 3 is 2.07 bits per heavy atom. The van der Waals surface area contributed by atoms with E-state index in [0.29, 0.717) is 19.6 Å². The zero-order chi connectivity index (χ0) is 30.7. The van der Waals surface area contributed by atoms with Crippen LogP contribution in [0.1, 0.15) is 42.4 Å². The molecule has 236 valence electrons. The number of rotatable bonds is 14. The van der Waals surface area contributed by atoms with E-state index in [0.717, 1.165) is 61.0 Å². The lowest BCUT2D eigenvalue weighted by molar-refractivity contribution is -0.137. The van der Waals surface area contributed by atoms with Crippen LogP contribution in [0.25, 0.3) is 0 Å². The molecule has 1 N–H and O–H groups in total. The van der Waals surface area contributed by atoms with Gasteiger partial charge in [0.15, 0.2) is 0 Å². The minimum absolute atomic E-state index is 0. The number of sulfone groups is 1. The normalized spacial score (nSPS) is 14.1. The summed E-state index contributed by atoms with van der Waals surface area (Å²) in [5.41, 5.74) is 4.39. The third kappa shape index (κ3) is 11.5. The first-order valence-electron chi connectivity index (χ1n) is 14.5. The van der Waals surface area contributed by atoms with E-state index in [-0.39, 0.29) is 31.6 Å². The van der Waals surface area contributed by atoms with E-state index in [1.165, 1.54) is 11.8 Å². The summed E-state index contributed by atoms with van der Waals surface area (Å²) in [6, 6.07) is 24.0. The summed E-state index contributed by atoms with van der Waals surface area (Å²) in [4.78, 5) is 16.0. The van der Waals surface area contributed by atoms with Crippen molar-refractivity contribution in [1.82, 2.24) is 4.90 Å². The lowest BCUT2D eigenvalue weighted by Gasteiger charge is -2.36. The first-order chi connectivity index (χ1) is 20.7. The second kappa shape index (κ2) is 17.0. The highest BCUT2D eigenvalue weighted by Crippen LogP contribution is 2.24. The van der Waals surface area contributed by atoms with E-state index in [4.69, 9.17) is 14.6 Å². The SMILES string of the molecule is CC#C[C@@H](CC(=O)O)c1ccc(OCc2ccc(CN3CCN(c4ccc(OCCCS(C)(=O)=O)cc4)CC3)cc2)cc1.S. The summed E-state index contributed by atoms with van der Waals surface area (Å²) in [5.74, 6) is 6.22. The molecule has 0 aliphatic carbocycles. The van der Waals surface area contributed by atoms with Gasteiger partial charge in [0.1, 0.15) is 27.9 Å². The van der Waals surface area contributed by atoms with Crippen LogP contribution in [0, 0.1) is 11.8 Å². The molecule has 1 heterocycles. The second-order valence-corrected chi connectivity index (χ2v) is 13.1. The summed E-state index contributed by atoms with van der Waals surface area (Å²) in [5, 5.41) is 9.14. The molecule has 0 aromatic heterocycles. The van der Waals surface area contributed by atoms with Crippen molar-refractivity contribution in [3.63, 3.8) is 0 Å². The second-order valence-electron chi connectivity index (χ2n) is 10.8. The van der Waals surface area contributed by atoms with Crippen molar-refractivity contribution in [2.75, 3.05) is 49.7 Å². The molecular formula is C34H42N2O6S2. The molecule has 1 aliphatic heterocycles. The number of nitrogens with zero attached hydrogens (tertiary/aromatic N) is 2. The molecule has 0 bridgehead atoms. The van der Waals surface area contributed by atoms with Gasteiger partial charge in [-0.3, -0.25) is 9.69 Å².